The molecule has 1 aliphatic heterocycles. The quantitative estimate of drug-likeness (QED) is 0.103. The molecule has 42 heavy (non-hydrogen) atoms. The van der Waals surface area contributed by atoms with Crippen LogP contribution in [0.4, 0.5) is 0 Å². The van der Waals surface area contributed by atoms with Crippen LogP contribution >= 0.6 is 8.53 Å². The second kappa shape index (κ2) is 19.3. The molecule has 0 aromatic heterocycles. The van der Waals surface area contributed by atoms with Crippen LogP contribution in [0.3, 0.4) is 0 Å². The van der Waals surface area contributed by atoms with Gasteiger partial charge < -0.3 is 38.0 Å². The first-order chi connectivity index (χ1) is 19.8. The monoisotopic (exact) mass is 617 g/mol. The van der Waals surface area contributed by atoms with Gasteiger partial charge in [-0.15, -0.1) is 0 Å². The lowest BCUT2D eigenvalue weighted by Crippen LogP contribution is -2.54. The first kappa shape index (κ1) is 37.0. The van der Waals surface area contributed by atoms with Crippen molar-refractivity contribution in [1.82, 2.24) is 9.99 Å². The molecule has 1 heterocycles. The molecular formula is C27H44N3O11P. The Kier molecular flexibility index (Phi) is 17.0. The number of rotatable bonds is 18. The number of hydrogen-bond donors (Lipinski definition) is 1. The molecule has 238 valence electrons. The Morgan fingerprint density at radius 2 is 1.52 bits per heavy atom. The van der Waals surface area contributed by atoms with Crippen LogP contribution in [-0.4, -0.2) is 85.3 Å². The van der Waals surface area contributed by atoms with Crippen LogP contribution in [-0.2, 0) is 51.9 Å². The molecule has 3 unspecified atom stereocenters. The van der Waals surface area contributed by atoms with Crippen LogP contribution in [0, 0.1) is 11.3 Å². The number of ether oxygens (including phenoxy) is 5. The minimum Gasteiger partial charge on any atom is -0.464 e. The van der Waals surface area contributed by atoms with Gasteiger partial charge in [-0.1, -0.05) is 0 Å². The van der Waals surface area contributed by atoms with E-state index >= 15 is 0 Å². The molecule has 0 aliphatic carbocycles. The largest absolute Gasteiger partial charge is 0.464 e. The van der Waals surface area contributed by atoms with Gasteiger partial charge in [-0.3, -0.25) is 19.2 Å². The minimum atomic E-state index is -1.38. The number of nitrogens with zero attached hydrogens (tertiary/aromatic N) is 2. The predicted molar refractivity (Wildman–Crippen MR) is 150 cm³/mol. The van der Waals surface area contributed by atoms with Crippen molar-refractivity contribution < 1.29 is 51.9 Å². The number of hydrogen-bond acceptors (Lipinski definition) is 13. The van der Waals surface area contributed by atoms with Gasteiger partial charge in [-0.25, -0.2) is 4.67 Å². The highest BCUT2D eigenvalue weighted by atomic mass is 31.2. The summed E-state index contributed by atoms with van der Waals surface area (Å²) in [7, 11) is -1.38. The molecule has 1 rings (SSSR count). The van der Waals surface area contributed by atoms with Crippen molar-refractivity contribution in [1.29, 1.82) is 5.26 Å². The summed E-state index contributed by atoms with van der Waals surface area (Å²) in [5.74, 6) is -2.69. The number of carbonyl (C=O) groups excluding carboxylic acids is 4. The molecule has 0 aromatic carbocycles. The third kappa shape index (κ3) is 13.3. The Morgan fingerprint density at radius 1 is 0.929 bits per heavy atom. The van der Waals surface area contributed by atoms with E-state index < -0.39 is 50.7 Å². The van der Waals surface area contributed by atoms with Gasteiger partial charge in [0.2, 0.25) is 5.91 Å². The molecule has 4 atom stereocenters. The summed E-state index contributed by atoms with van der Waals surface area (Å²) in [5.41, 5.74) is -0.0433. The zero-order valence-corrected chi connectivity index (χ0v) is 26.6. The Labute approximate surface area is 248 Å². The lowest BCUT2D eigenvalue weighted by molar-refractivity contribution is -0.192. The molecule has 1 N–H and O–H groups in total. The van der Waals surface area contributed by atoms with E-state index in [0.29, 0.717) is 19.4 Å². The second-order valence-corrected chi connectivity index (χ2v) is 11.3. The molecule has 15 heteroatoms. The Morgan fingerprint density at radius 3 is 2.05 bits per heavy atom. The zero-order chi connectivity index (χ0) is 31.8. The summed E-state index contributed by atoms with van der Waals surface area (Å²) in [6, 6.07) is 2.41. The molecule has 0 spiro atoms. The van der Waals surface area contributed by atoms with Crippen molar-refractivity contribution in [2.75, 3.05) is 26.4 Å². The molecule has 0 bridgehead atoms. The summed E-state index contributed by atoms with van der Waals surface area (Å²) in [5, 5.41) is 11.4. The highest BCUT2D eigenvalue weighted by Gasteiger charge is 2.46. The summed E-state index contributed by atoms with van der Waals surface area (Å²) < 4.78 is 41.6. The maximum absolute atomic E-state index is 12.0. The first-order valence-corrected chi connectivity index (χ1v) is 14.9. The van der Waals surface area contributed by atoms with Gasteiger partial charge in [-0.05, 0) is 40.5 Å². The molecule has 0 saturated carbocycles. The van der Waals surface area contributed by atoms with E-state index in [1.54, 1.807) is 0 Å². The van der Waals surface area contributed by atoms with Crippen LogP contribution < -0.4 is 5.32 Å². The average Bonchev–Trinajstić information content (AvgIpc) is 2.86. The molecule has 1 aliphatic rings. The number of nitrogens with one attached hydrogen (secondary N) is 1. The van der Waals surface area contributed by atoms with Crippen molar-refractivity contribution in [3.05, 3.63) is 11.6 Å². The molecule has 0 saturated heterocycles. The molecular weight excluding hydrogens is 573 g/mol. The van der Waals surface area contributed by atoms with Gasteiger partial charge >= 0.3 is 23.9 Å². The number of unbranched alkanes of at least 4 members (excludes halogenated alkanes) is 1. The van der Waals surface area contributed by atoms with E-state index in [2.05, 4.69) is 43.8 Å². The van der Waals surface area contributed by atoms with Crippen molar-refractivity contribution in [3.63, 3.8) is 0 Å². The van der Waals surface area contributed by atoms with Gasteiger partial charge in [0.05, 0.1) is 32.3 Å². The number of nitriles is 1. The fourth-order valence-corrected chi connectivity index (χ4v) is 5.58. The molecule has 0 fully saturated rings. The lowest BCUT2D eigenvalue weighted by Gasteiger charge is -2.38. The summed E-state index contributed by atoms with van der Waals surface area (Å²) in [4.78, 5) is 47.3. The third-order valence-electron chi connectivity index (χ3n) is 5.42. The number of esters is 3. The third-order valence-corrected chi connectivity index (χ3v) is 7.53. The second-order valence-electron chi connectivity index (χ2n) is 9.88. The minimum absolute atomic E-state index is 0.0433. The maximum Gasteiger partial charge on any atom is 0.304 e. The number of carbonyl (C=O) groups is 4. The van der Waals surface area contributed by atoms with Crippen LogP contribution in [0.2, 0.25) is 0 Å². The summed E-state index contributed by atoms with van der Waals surface area (Å²) >= 11 is 0. The smallest absolute Gasteiger partial charge is 0.304 e. The van der Waals surface area contributed by atoms with Gasteiger partial charge in [-0.2, -0.15) is 5.26 Å². The Hall–Kier alpha value is -2.98. The summed E-state index contributed by atoms with van der Waals surface area (Å²) in [6.45, 7) is 13.4. The van der Waals surface area contributed by atoms with Crippen LogP contribution in [0.5, 0.6) is 0 Å². The van der Waals surface area contributed by atoms with Crippen LogP contribution in [0.15, 0.2) is 11.6 Å². The fourth-order valence-electron chi connectivity index (χ4n) is 3.95. The summed E-state index contributed by atoms with van der Waals surface area (Å²) in [6.07, 6.45) is -2.28. The van der Waals surface area contributed by atoms with Gasteiger partial charge in [0, 0.05) is 39.8 Å². The topological polar surface area (TPSA) is 172 Å². The van der Waals surface area contributed by atoms with Gasteiger partial charge in [0.25, 0.3) is 8.53 Å². The molecule has 0 aromatic rings. The van der Waals surface area contributed by atoms with Crippen molar-refractivity contribution in [2.45, 2.75) is 105 Å². The van der Waals surface area contributed by atoms with E-state index in [1.165, 1.54) is 13.8 Å². The van der Waals surface area contributed by atoms with Crippen LogP contribution in [0.25, 0.3) is 0 Å². The van der Waals surface area contributed by atoms with Crippen molar-refractivity contribution in [3.8, 4) is 6.07 Å². The first-order valence-electron chi connectivity index (χ1n) is 13.8. The highest BCUT2D eigenvalue weighted by Crippen LogP contribution is 2.46. The van der Waals surface area contributed by atoms with E-state index in [4.69, 9.17) is 38.0 Å². The molecule has 0 radical (unpaired) electrons. The molecule has 1 amide bonds. The Balaban J connectivity index is 3.03. The van der Waals surface area contributed by atoms with Crippen LogP contribution in [0.1, 0.15) is 74.7 Å². The predicted octanol–water partition coefficient (Wildman–Crippen LogP) is 3.21. The average molecular weight is 618 g/mol. The van der Waals surface area contributed by atoms with E-state index in [1.807, 2.05) is 0 Å². The van der Waals surface area contributed by atoms with E-state index in [9.17, 15) is 19.2 Å². The number of amides is 1. The normalized spacial score (nSPS) is 19.1. The highest BCUT2D eigenvalue weighted by molar-refractivity contribution is 7.44. The lowest BCUT2D eigenvalue weighted by atomic mass is 10.0. The fraction of sp³-hybridized carbons (Fsp3) is 0.741. The van der Waals surface area contributed by atoms with Crippen molar-refractivity contribution in [2.24, 2.45) is 0 Å². The Bertz CT molecular complexity index is 975. The maximum atomic E-state index is 12.0. The molecule has 14 nitrogen and oxygen atoms in total. The standard InChI is InChI=1S/C27H44N3O11P/c1-17(2)30(18(3)4)42(38-15-11-12-28)37-14-10-9-13-35-27-24(29-19(5)31)26(40-22(8)34)25(39-21(7)33)23(41-27)16-36-20(6)32/h17-18,23,25-26H,9-11,13-16H2,1-8H3,(H,29,31)/t23?,25-,26?,42?/m0/s1. The zero-order valence-electron chi connectivity index (χ0n) is 25.7. The van der Waals surface area contributed by atoms with Gasteiger partial charge in [0.15, 0.2) is 18.3 Å². The van der Waals surface area contributed by atoms with Crippen molar-refractivity contribution >= 4 is 32.3 Å². The van der Waals surface area contributed by atoms with E-state index in [-0.39, 0.29) is 50.0 Å². The SMILES string of the molecule is CC(=O)NC1=C(OCCCCOP(OCCC#N)N(C(C)C)C(C)C)OC(COC(C)=O)[C@H](OC(C)=O)C1OC(C)=O. The van der Waals surface area contributed by atoms with Gasteiger partial charge in [0.1, 0.15) is 12.3 Å². The van der Waals surface area contributed by atoms with E-state index in [0.717, 1.165) is 13.8 Å².